The highest BCUT2D eigenvalue weighted by Crippen LogP contribution is 2.41. The summed E-state index contributed by atoms with van der Waals surface area (Å²) in [6.07, 6.45) is 0. The lowest BCUT2D eigenvalue weighted by atomic mass is 9.90. The predicted molar refractivity (Wildman–Crippen MR) is 52.0 cm³/mol. The molecule has 0 unspecified atom stereocenters. The second-order valence-electron chi connectivity index (χ2n) is 3.56. The molecule has 1 saturated heterocycles. The van der Waals surface area contributed by atoms with E-state index in [2.05, 4.69) is 10.6 Å². The van der Waals surface area contributed by atoms with Gasteiger partial charge in [0.15, 0.2) is 0 Å². The third-order valence-electron chi connectivity index (χ3n) is 2.84. The number of amides is 1. The van der Waals surface area contributed by atoms with Gasteiger partial charge >= 0.3 is 0 Å². The molecule has 2 N–H and O–H groups in total. The Labute approximate surface area is 80.1 Å². The van der Waals surface area contributed by atoms with Gasteiger partial charge in [-0.1, -0.05) is 0 Å². The maximum Gasteiger partial charge on any atom is 0.229 e. The molecule has 1 aromatic rings. The van der Waals surface area contributed by atoms with E-state index in [0.717, 1.165) is 18.8 Å². The fraction of sp³-hybridized carbons (Fsp3) is 0.444. The molecule has 2 aliphatic rings. The Morgan fingerprint density at radius 2 is 2.23 bits per heavy atom. The minimum atomic E-state index is 0.158. The molecule has 0 aromatic carbocycles. The first kappa shape index (κ1) is 7.53. The second-order valence-corrected chi connectivity index (χ2v) is 4.51. The van der Waals surface area contributed by atoms with Crippen LogP contribution < -0.4 is 10.6 Å². The Kier molecular flexibility index (Phi) is 1.48. The smallest absolute Gasteiger partial charge is 0.229 e. The van der Waals surface area contributed by atoms with E-state index in [1.165, 1.54) is 4.88 Å². The van der Waals surface area contributed by atoms with Gasteiger partial charge in [0.05, 0.1) is 11.6 Å². The zero-order valence-corrected chi connectivity index (χ0v) is 7.86. The zero-order chi connectivity index (χ0) is 8.84. The van der Waals surface area contributed by atoms with Crippen LogP contribution in [0.15, 0.2) is 11.4 Å². The van der Waals surface area contributed by atoms with Gasteiger partial charge < -0.3 is 10.6 Å². The van der Waals surface area contributed by atoms with Crippen molar-refractivity contribution in [1.82, 2.24) is 5.32 Å². The normalized spacial score (nSPS) is 30.9. The molecule has 0 spiro atoms. The van der Waals surface area contributed by atoms with Crippen LogP contribution in [0.3, 0.4) is 0 Å². The third kappa shape index (κ3) is 0.957. The Bertz CT molecular complexity index is 360. The molecule has 3 nitrogen and oxygen atoms in total. The van der Waals surface area contributed by atoms with Crippen molar-refractivity contribution in [3.8, 4) is 0 Å². The number of nitrogens with one attached hydrogen (secondary N) is 2. The van der Waals surface area contributed by atoms with Crippen LogP contribution in [-0.2, 0) is 4.79 Å². The number of anilines is 1. The summed E-state index contributed by atoms with van der Waals surface area (Å²) in [5.41, 5.74) is 1.03. The molecule has 0 aliphatic carbocycles. The summed E-state index contributed by atoms with van der Waals surface area (Å²) in [5.74, 6) is 0.760. The lowest BCUT2D eigenvalue weighted by Gasteiger charge is -2.23. The number of thiophene rings is 1. The molecule has 1 fully saturated rings. The van der Waals surface area contributed by atoms with E-state index in [0.29, 0.717) is 5.92 Å². The molecule has 4 heteroatoms. The second kappa shape index (κ2) is 2.56. The molecule has 68 valence electrons. The number of carbonyl (C=O) groups excluding carboxylic acids is 1. The molecule has 0 radical (unpaired) electrons. The highest BCUT2D eigenvalue weighted by Gasteiger charge is 2.39. The van der Waals surface area contributed by atoms with Crippen LogP contribution in [0, 0.1) is 5.92 Å². The van der Waals surface area contributed by atoms with Crippen LogP contribution in [0.5, 0.6) is 0 Å². The molecule has 0 bridgehead atoms. The third-order valence-corrected chi connectivity index (χ3v) is 3.89. The van der Waals surface area contributed by atoms with Gasteiger partial charge in [-0.05, 0) is 11.4 Å². The summed E-state index contributed by atoms with van der Waals surface area (Å²) in [6.45, 7) is 1.78. The van der Waals surface area contributed by atoms with Crippen molar-refractivity contribution in [3.63, 3.8) is 0 Å². The van der Waals surface area contributed by atoms with E-state index in [-0.39, 0.29) is 11.8 Å². The van der Waals surface area contributed by atoms with Gasteiger partial charge in [0.1, 0.15) is 0 Å². The topological polar surface area (TPSA) is 41.1 Å². The average Bonchev–Trinajstić information content (AvgIpc) is 2.66. The quantitative estimate of drug-likeness (QED) is 0.647. The molecular formula is C9H10N2OS. The lowest BCUT2D eigenvalue weighted by molar-refractivity contribution is -0.120. The summed E-state index contributed by atoms with van der Waals surface area (Å²) < 4.78 is 0. The Morgan fingerprint density at radius 3 is 3.15 bits per heavy atom. The molecule has 3 heterocycles. The summed E-state index contributed by atoms with van der Waals surface area (Å²) in [6, 6.07) is 1.99. The first-order chi connectivity index (χ1) is 6.36. The molecule has 0 saturated carbocycles. The number of hydrogen-bond donors (Lipinski definition) is 2. The maximum atomic E-state index is 11.6. The largest absolute Gasteiger partial charge is 0.325 e. The SMILES string of the molecule is O=C1Nc2ccsc2[C@H]2CNC[C@@H]12. The van der Waals surface area contributed by atoms with Crippen molar-refractivity contribution in [3.05, 3.63) is 16.3 Å². The fourth-order valence-corrected chi connectivity index (χ4v) is 3.19. The summed E-state index contributed by atoms with van der Waals surface area (Å²) in [4.78, 5) is 12.9. The van der Waals surface area contributed by atoms with Crippen LogP contribution in [0.1, 0.15) is 10.8 Å². The van der Waals surface area contributed by atoms with E-state index in [1.807, 2.05) is 11.4 Å². The fourth-order valence-electron chi connectivity index (χ4n) is 2.17. The number of carbonyl (C=O) groups is 1. The minimum Gasteiger partial charge on any atom is -0.325 e. The van der Waals surface area contributed by atoms with E-state index in [4.69, 9.17) is 0 Å². The monoisotopic (exact) mass is 194 g/mol. The van der Waals surface area contributed by atoms with Gasteiger partial charge in [0, 0.05) is 23.9 Å². The van der Waals surface area contributed by atoms with E-state index in [9.17, 15) is 4.79 Å². The number of rotatable bonds is 0. The van der Waals surface area contributed by atoms with Gasteiger partial charge in [-0.2, -0.15) is 0 Å². The minimum absolute atomic E-state index is 0.158. The number of hydrogen-bond acceptors (Lipinski definition) is 3. The van der Waals surface area contributed by atoms with Crippen LogP contribution in [-0.4, -0.2) is 19.0 Å². The lowest BCUT2D eigenvalue weighted by Crippen LogP contribution is -2.31. The Hall–Kier alpha value is -0.870. The molecule has 13 heavy (non-hydrogen) atoms. The summed E-state index contributed by atoms with van der Waals surface area (Å²) in [7, 11) is 0. The first-order valence-corrected chi connectivity index (χ1v) is 5.33. The van der Waals surface area contributed by atoms with Crippen molar-refractivity contribution in [2.45, 2.75) is 5.92 Å². The first-order valence-electron chi connectivity index (χ1n) is 4.45. The van der Waals surface area contributed by atoms with Crippen LogP contribution in [0.25, 0.3) is 0 Å². The van der Waals surface area contributed by atoms with Crippen molar-refractivity contribution < 1.29 is 4.79 Å². The van der Waals surface area contributed by atoms with Crippen LogP contribution >= 0.6 is 11.3 Å². The molecule has 2 aliphatic heterocycles. The van der Waals surface area contributed by atoms with Crippen molar-refractivity contribution in [2.24, 2.45) is 5.92 Å². The standard InChI is InChI=1S/C9H10N2OS/c12-9-6-4-10-3-5(6)8-7(11-9)1-2-13-8/h1-2,5-6,10H,3-4H2,(H,11,12)/t5-,6+/m0/s1. The van der Waals surface area contributed by atoms with Crippen LogP contribution in [0.2, 0.25) is 0 Å². The predicted octanol–water partition coefficient (Wildman–Crippen LogP) is 1.00. The molecule has 2 atom stereocenters. The van der Waals surface area contributed by atoms with Crippen molar-refractivity contribution in [2.75, 3.05) is 18.4 Å². The molecular weight excluding hydrogens is 184 g/mol. The van der Waals surface area contributed by atoms with E-state index >= 15 is 0 Å². The van der Waals surface area contributed by atoms with Gasteiger partial charge in [0.25, 0.3) is 0 Å². The molecule has 1 aromatic heterocycles. The Morgan fingerprint density at radius 1 is 1.38 bits per heavy atom. The van der Waals surface area contributed by atoms with E-state index in [1.54, 1.807) is 11.3 Å². The summed E-state index contributed by atoms with van der Waals surface area (Å²) >= 11 is 1.75. The summed E-state index contributed by atoms with van der Waals surface area (Å²) in [5, 5.41) is 8.26. The highest BCUT2D eigenvalue weighted by molar-refractivity contribution is 7.10. The van der Waals surface area contributed by atoms with Gasteiger partial charge in [0.2, 0.25) is 5.91 Å². The average molecular weight is 194 g/mol. The number of fused-ring (bicyclic) bond motifs is 3. The Balaban J connectivity index is 2.10. The van der Waals surface area contributed by atoms with E-state index < -0.39 is 0 Å². The van der Waals surface area contributed by atoms with Gasteiger partial charge in [-0.3, -0.25) is 4.79 Å². The van der Waals surface area contributed by atoms with Gasteiger partial charge in [-0.25, -0.2) is 0 Å². The van der Waals surface area contributed by atoms with Crippen molar-refractivity contribution in [1.29, 1.82) is 0 Å². The van der Waals surface area contributed by atoms with Crippen LogP contribution in [0.4, 0.5) is 5.69 Å². The molecule has 1 amide bonds. The highest BCUT2D eigenvalue weighted by atomic mass is 32.1. The van der Waals surface area contributed by atoms with Crippen molar-refractivity contribution >= 4 is 22.9 Å². The molecule has 3 rings (SSSR count). The zero-order valence-electron chi connectivity index (χ0n) is 7.04. The van der Waals surface area contributed by atoms with Gasteiger partial charge in [-0.15, -0.1) is 11.3 Å². The maximum absolute atomic E-state index is 11.6.